The molecule has 0 unspecified atom stereocenters. The van der Waals surface area contributed by atoms with Crippen molar-refractivity contribution >= 4 is 17.8 Å². The van der Waals surface area contributed by atoms with Gasteiger partial charge in [-0.05, 0) is 24.3 Å². The molecule has 0 saturated carbocycles. The number of amides is 1. The van der Waals surface area contributed by atoms with Gasteiger partial charge in [0, 0.05) is 0 Å². The van der Waals surface area contributed by atoms with Crippen molar-refractivity contribution in [2.45, 2.75) is 0 Å². The van der Waals surface area contributed by atoms with Gasteiger partial charge in [0.1, 0.15) is 17.4 Å². The minimum absolute atomic E-state index is 0.0720. The maximum atomic E-state index is 13.4. The summed E-state index contributed by atoms with van der Waals surface area (Å²) >= 11 is 0. The molecule has 120 valence electrons. The monoisotopic (exact) mass is 319 g/mol. The number of carbonyl (C=O) groups is 1. The van der Waals surface area contributed by atoms with Gasteiger partial charge in [0.15, 0.2) is 0 Å². The van der Waals surface area contributed by atoms with Crippen LogP contribution in [0.2, 0.25) is 0 Å². The van der Waals surface area contributed by atoms with E-state index in [1.165, 1.54) is 13.2 Å². The number of carbonyl (C=O) groups excluding carboxylic acids is 1. The summed E-state index contributed by atoms with van der Waals surface area (Å²) in [6.45, 7) is -0.0720. The molecule has 0 heterocycles. The lowest BCUT2D eigenvalue weighted by molar-refractivity contribution is -0.119. The first kappa shape index (κ1) is 16.4. The van der Waals surface area contributed by atoms with Crippen molar-refractivity contribution in [1.29, 1.82) is 0 Å². The Hall–Kier alpha value is -2.96. The van der Waals surface area contributed by atoms with Crippen LogP contribution in [0.5, 0.6) is 5.75 Å². The molecule has 23 heavy (non-hydrogen) atoms. The Bertz CT molecular complexity index is 700. The molecule has 0 radical (unpaired) electrons. The van der Waals surface area contributed by atoms with Crippen LogP contribution in [-0.4, -0.2) is 25.8 Å². The maximum absolute atomic E-state index is 13.4. The summed E-state index contributed by atoms with van der Waals surface area (Å²) in [5.74, 6) is -1.38. The van der Waals surface area contributed by atoms with Gasteiger partial charge < -0.3 is 10.1 Å². The molecule has 5 nitrogen and oxygen atoms in total. The van der Waals surface area contributed by atoms with E-state index in [1.807, 2.05) is 0 Å². The Labute approximate surface area is 132 Å². The molecule has 2 aromatic carbocycles. The number of methoxy groups -OCH3 is 1. The zero-order valence-electron chi connectivity index (χ0n) is 12.3. The molecule has 0 aromatic heterocycles. The largest absolute Gasteiger partial charge is 0.495 e. The molecule has 2 N–H and O–H groups in total. The molecule has 2 aromatic rings. The zero-order chi connectivity index (χ0) is 16.7. The van der Waals surface area contributed by atoms with Crippen molar-refractivity contribution in [2.24, 2.45) is 5.10 Å². The average Bonchev–Trinajstić information content (AvgIpc) is 2.56. The molecule has 0 fully saturated rings. The highest BCUT2D eigenvalue weighted by Gasteiger charge is 2.06. The number of benzene rings is 2. The van der Waals surface area contributed by atoms with Crippen LogP contribution in [0.4, 0.5) is 14.5 Å². The van der Waals surface area contributed by atoms with Crippen molar-refractivity contribution in [1.82, 2.24) is 5.43 Å². The summed E-state index contributed by atoms with van der Waals surface area (Å²) in [5, 5.41) is 6.42. The third kappa shape index (κ3) is 4.50. The number of para-hydroxylation sites is 2. The van der Waals surface area contributed by atoms with Crippen LogP contribution in [0.1, 0.15) is 5.56 Å². The van der Waals surface area contributed by atoms with Gasteiger partial charge in [-0.25, -0.2) is 14.2 Å². The van der Waals surface area contributed by atoms with Crippen LogP contribution in [0, 0.1) is 11.6 Å². The van der Waals surface area contributed by atoms with Gasteiger partial charge in [0.25, 0.3) is 5.91 Å². The number of ether oxygens (including phenoxy) is 1. The van der Waals surface area contributed by atoms with E-state index in [1.54, 1.807) is 24.3 Å². The summed E-state index contributed by atoms with van der Waals surface area (Å²) in [5.41, 5.74) is 2.52. The van der Waals surface area contributed by atoms with E-state index in [9.17, 15) is 13.6 Å². The molecular formula is C16H15F2N3O2. The number of anilines is 1. The first-order valence-corrected chi connectivity index (χ1v) is 6.74. The molecule has 0 bridgehead atoms. The number of hydrazone groups is 1. The Morgan fingerprint density at radius 2 is 1.87 bits per heavy atom. The predicted octanol–water partition coefficient (Wildman–Crippen LogP) is 2.54. The fourth-order valence-electron chi connectivity index (χ4n) is 1.81. The summed E-state index contributed by atoms with van der Waals surface area (Å²) in [7, 11) is 1.52. The van der Waals surface area contributed by atoms with Crippen LogP contribution in [0.15, 0.2) is 47.6 Å². The normalized spacial score (nSPS) is 10.6. The second-order valence-corrected chi connectivity index (χ2v) is 4.48. The second kappa shape index (κ2) is 7.88. The standard InChI is InChI=1S/C16H15F2N3O2/c1-23-15-8-3-2-7-14(15)19-10-16(22)21-20-9-11-12(17)5-4-6-13(11)18/h2-9,19H,10H2,1H3,(H,21,22)/b20-9+. The van der Waals surface area contributed by atoms with Gasteiger partial charge >= 0.3 is 0 Å². The molecular weight excluding hydrogens is 304 g/mol. The lowest BCUT2D eigenvalue weighted by Gasteiger charge is -2.09. The van der Waals surface area contributed by atoms with Crippen molar-refractivity contribution in [2.75, 3.05) is 19.0 Å². The number of hydrogen-bond donors (Lipinski definition) is 2. The van der Waals surface area contributed by atoms with Crippen LogP contribution in [0.3, 0.4) is 0 Å². The Morgan fingerprint density at radius 3 is 2.57 bits per heavy atom. The van der Waals surface area contributed by atoms with Crippen LogP contribution in [0.25, 0.3) is 0 Å². The molecule has 0 atom stereocenters. The zero-order valence-corrected chi connectivity index (χ0v) is 12.3. The van der Waals surface area contributed by atoms with Gasteiger partial charge in [-0.15, -0.1) is 0 Å². The van der Waals surface area contributed by atoms with Gasteiger partial charge in [-0.3, -0.25) is 4.79 Å². The quantitative estimate of drug-likeness (QED) is 0.635. The summed E-state index contributed by atoms with van der Waals surface area (Å²) in [6.07, 6.45) is 0.922. The van der Waals surface area contributed by atoms with Crippen molar-refractivity contribution < 1.29 is 18.3 Å². The van der Waals surface area contributed by atoms with Gasteiger partial charge in [-0.1, -0.05) is 18.2 Å². The molecule has 0 spiro atoms. The summed E-state index contributed by atoms with van der Waals surface area (Å²) in [4.78, 5) is 11.7. The third-order valence-electron chi connectivity index (χ3n) is 2.93. The fraction of sp³-hybridized carbons (Fsp3) is 0.125. The first-order chi connectivity index (χ1) is 11.1. The Balaban J connectivity index is 1.89. The van der Waals surface area contributed by atoms with E-state index in [-0.39, 0.29) is 12.1 Å². The molecule has 0 aliphatic rings. The third-order valence-corrected chi connectivity index (χ3v) is 2.93. The van der Waals surface area contributed by atoms with E-state index in [0.717, 1.165) is 18.3 Å². The number of hydrogen-bond acceptors (Lipinski definition) is 4. The average molecular weight is 319 g/mol. The molecule has 0 aliphatic carbocycles. The Morgan fingerprint density at radius 1 is 1.17 bits per heavy atom. The van der Waals surface area contributed by atoms with E-state index >= 15 is 0 Å². The maximum Gasteiger partial charge on any atom is 0.259 e. The van der Waals surface area contributed by atoms with Crippen molar-refractivity contribution in [3.63, 3.8) is 0 Å². The molecule has 0 aliphatic heterocycles. The lowest BCUT2D eigenvalue weighted by atomic mass is 10.2. The highest BCUT2D eigenvalue weighted by Crippen LogP contribution is 2.22. The van der Waals surface area contributed by atoms with Gasteiger partial charge in [-0.2, -0.15) is 5.10 Å². The number of halogens is 2. The summed E-state index contributed by atoms with van der Waals surface area (Å²) < 4.78 is 31.9. The van der Waals surface area contributed by atoms with Crippen LogP contribution in [-0.2, 0) is 4.79 Å². The number of nitrogens with one attached hydrogen (secondary N) is 2. The van der Waals surface area contributed by atoms with Gasteiger partial charge in [0.2, 0.25) is 0 Å². The minimum atomic E-state index is -0.754. The van der Waals surface area contributed by atoms with Crippen molar-refractivity contribution in [3.05, 3.63) is 59.7 Å². The number of rotatable bonds is 6. The van der Waals surface area contributed by atoms with E-state index in [0.29, 0.717) is 11.4 Å². The summed E-state index contributed by atoms with van der Waals surface area (Å²) in [6, 6.07) is 10.6. The molecule has 0 saturated heterocycles. The van der Waals surface area contributed by atoms with Crippen LogP contribution < -0.4 is 15.5 Å². The SMILES string of the molecule is COc1ccccc1NCC(=O)N/N=C/c1c(F)cccc1F. The molecule has 2 rings (SSSR count). The molecule has 1 amide bonds. The number of nitrogens with zero attached hydrogens (tertiary/aromatic N) is 1. The van der Waals surface area contributed by atoms with Crippen molar-refractivity contribution in [3.8, 4) is 5.75 Å². The van der Waals surface area contributed by atoms with E-state index < -0.39 is 17.5 Å². The highest BCUT2D eigenvalue weighted by molar-refractivity contribution is 5.84. The topological polar surface area (TPSA) is 62.7 Å². The van der Waals surface area contributed by atoms with Gasteiger partial charge in [0.05, 0.1) is 31.1 Å². The Kier molecular flexibility index (Phi) is 5.62. The first-order valence-electron chi connectivity index (χ1n) is 6.74. The molecule has 7 heteroatoms. The van der Waals surface area contributed by atoms with Crippen LogP contribution >= 0.6 is 0 Å². The minimum Gasteiger partial charge on any atom is -0.495 e. The second-order valence-electron chi connectivity index (χ2n) is 4.48. The predicted molar refractivity (Wildman–Crippen MR) is 83.6 cm³/mol. The smallest absolute Gasteiger partial charge is 0.259 e. The fourth-order valence-corrected chi connectivity index (χ4v) is 1.81. The van der Waals surface area contributed by atoms with E-state index in [4.69, 9.17) is 4.74 Å². The van der Waals surface area contributed by atoms with E-state index in [2.05, 4.69) is 15.8 Å². The lowest BCUT2D eigenvalue weighted by Crippen LogP contribution is -2.26. The highest BCUT2D eigenvalue weighted by atomic mass is 19.1.